The van der Waals surface area contributed by atoms with Gasteiger partial charge in [0.25, 0.3) is 11.1 Å². The largest absolute Gasteiger partial charge is 0.462 e. The Kier molecular flexibility index (Phi) is 7.85. The first-order valence-electron chi connectivity index (χ1n) is 11.4. The fraction of sp³-hybridized carbons (Fsp3) is 0.185. The Bertz CT molecular complexity index is 1440. The topological polar surface area (TPSA) is 106 Å². The smallest absolute Gasteiger partial charge is 0.339 e. The SMILES string of the molecule is CCOC(=O)c1cc(-c2ccc(/C=C3/SC(=O)N(CC(=O)Nc4ccc(C)cc4C)C3=O)o2)ccc1Cl. The second kappa shape index (κ2) is 11.1. The number of carbonyl (C=O) groups is 4. The van der Waals surface area contributed by atoms with Crippen LogP contribution in [0.3, 0.4) is 0 Å². The van der Waals surface area contributed by atoms with Crippen molar-refractivity contribution < 1.29 is 28.3 Å². The minimum Gasteiger partial charge on any atom is -0.462 e. The van der Waals surface area contributed by atoms with Crippen molar-refractivity contribution >= 4 is 58.1 Å². The van der Waals surface area contributed by atoms with E-state index in [0.29, 0.717) is 22.8 Å². The first-order valence-corrected chi connectivity index (χ1v) is 12.5. The van der Waals surface area contributed by atoms with Crippen molar-refractivity contribution in [1.29, 1.82) is 0 Å². The first-order chi connectivity index (χ1) is 17.7. The van der Waals surface area contributed by atoms with Gasteiger partial charge in [0, 0.05) is 17.3 Å². The summed E-state index contributed by atoms with van der Waals surface area (Å²) < 4.78 is 10.8. The summed E-state index contributed by atoms with van der Waals surface area (Å²) in [5.74, 6) is -0.847. The van der Waals surface area contributed by atoms with Gasteiger partial charge in [0.2, 0.25) is 5.91 Å². The van der Waals surface area contributed by atoms with Crippen LogP contribution >= 0.6 is 23.4 Å². The van der Waals surface area contributed by atoms with Crippen LogP contribution in [0.15, 0.2) is 57.9 Å². The molecule has 1 aromatic heterocycles. The van der Waals surface area contributed by atoms with Gasteiger partial charge in [-0.1, -0.05) is 29.3 Å². The normalized spacial score (nSPS) is 14.4. The number of esters is 1. The third-order valence-electron chi connectivity index (χ3n) is 5.48. The van der Waals surface area contributed by atoms with Gasteiger partial charge in [-0.15, -0.1) is 0 Å². The summed E-state index contributed by atoms with van der Waals surface area (Å²) in [5, 5.41) is 2.45. The molecule has 190 valence electrons. The monoisotopic (exact) mass is 538 g/mol. The summed E-state index contributed by atoms with van der Waals surface area (Å²) >= 11 is 6.85. The Labute approximate surface area is 222 Å². The van der Waals surface area contributed by atoms with Crippen LogP contribution < -0.4 is 5.32 Å². The van der Waals surface area contributed by atoms with Gasteiger partial charge in [0.1, 0.15) is 18.1 Å². The molecule has 0 unspecified atom stereocenters. The standard InChI is InChI=1S/C27H23ClN2O6S/c1-4-35-26(33)19-12-17(6-8-20(19)28)22-10-7-18(36-22)13-23-25(32)30(27(34)37-23)14-24(31)29-21-9-5-15(2)11-16(21)3/h5-13H,4,14H2,1-3H3,(H,29,31)/b23-13+. The summed E-state index contributed by atoms with van der Waals surface area (Å²) in [4.78, 5) is 51.0. The number of rotatable bonds is 7. The molecule has 0 atom stereocenters. The highest BCUT2D eigenvalue weighted by Gasteiger charge is 2.36. The van der Waals surface area contributed by atoms with Crippen molar-refractivity contribution in [2.24, 2.45) is 0 Å². The maximum atomic E-state index is 12.8. The number of benzene rings is 2. The zero-order valence-electron chi connectivity index (χ0n) is 20.3. The van der Waals surface area contributed by atoms with Crippen LogP contribution in [0.5, 0.6) is 0 Å². The first kappa shape index (κ1) is 26.2. The van der Waals surface area contributed by atoms with E-state index < -0.39 is 29.6 Å². The summed E-state index contributed by atoms with van der Waals surface area (Å²) in [5.41, 5.74) is 3.35. The fourth-order valence-corrected chi connectivity index (χ4v) is 4.70. The number of amides is 3. The zero-order valence-corrected chi connectivity index (χ0v) is 21.9. The molecule has 0 saturated carbocycles. The molecule has 1 N–H and O–H groups in total. The van der Waals surface area contributed by atoms with Crippen LogP contribution in [-0.4, -0.2) is 41.1 Å². The highest BCUT2D eigenvalue weighted by Crippen LogP contribution is 2.34. The summed E-state index contributed by atoms with van der Waals surface area (Å²) in [6.45, 7) is 5.33. The van der Waals surface area contributed by atoms with Gasteiger partial charge >= 0.3 is 5.97 Å². The number of halogens is 1. The number of nitrogens with one attached hydrogen (secondary N) is 1. The molecular weight excluding hydrogens is 516 g/mol. The van der Waals surface area contributed by atoms with Crippen LogP contribution in [0, 0.1) is 13.8 Å². The lowest BCUT2D eigenvalue weighted by Gasteiger charge is -2.13. The predicted octanol–water partition coefficient (Wildman–Crippen LogP) is 6.07. The predicted molar refractivity (Wildman–Crippen MR) is 142 cm³/mol. The quantitative estimate of drug-likeness (QED) is 0.287. The van der Waals surface area contributed by atoms with E-state index in [1.165, 1.54) is 6.08 Å². The zero-order chi connectivity index (χ0) is 26.7. The average Bonchev–Trinajstić information content (AvgIpc) is 3.41. The number of hydrogen-bond donors (Lipinski definition) is 1. The molecule has 2 aromatic carbocycles. The highest BCUT2D eigenvalue weighted by atomic mass is 35.5. The van der Waals surface area contributed by atoms with E-state index in [4.69, 9.17) is 20.8 Å². The van der Waals surface area contributed by atoms with Gasteiger partial charge in [0.05, 0.1) is 22.1 Å². The number of thioether (sulfide) groups is 1. The number of hydrogen-bond acceptors (Lipinski definition) is 7. The maximum Gasteiger partial charge on any atom is 0.339 e. The minimum atomic E-state index is -0.584. The number of anilines is 1. The van der Waals surface area contributed by atoms with Gasteiger partial charge in [-0.2, -0.15) is 0 Å². The molecule has 0 bridgehead atoms. The Morgan fingerprint density at radius 2 is 1.89 bits per heavy atom. The molecule has 2 heterocycles. The molecule has 1 aliphatic heterocycles. The van der Waals surface area contributed by atoms with Crippen LogP contribution in [0.2, 0.25) is 5.02 Å². The number of imide groups is 1. The molecule has 8 nitrogen and oxygen atoms in total. The Morgan fingerprint density at radius 1 is 1.11 bits per heavy atom. The molecule has 0 aliphatic carbocycles. The summed E-state index contributed by atoms with van der Waals surface area (Å²) in [6, 6.07) is 13.7. The van der Waals surface area contributed by atoms with Gasteiger partial charge in [-0.3, -0.25) is 19.3 Å². The lowest BCUT2D eigenvalue weighted by atomic mass is 10.1. The van der Waals surface area contributed by atoms with Crippen molar-refractivity contribution in [3.05, 3.63) is 80.9 Å². The molecule has 0 radical (unpaired) electrons. The van der Waals surface area contributed by atoms with E-state index >= 15 is 0 Å². The number of furan rings is 1. The number of aryl methyl sites for hydroxylation is 2. The molecule has 0 spiro atoms. The van der Waals surface area contributed by atoms with E-state index in [-0.39, 0.29) is 22.1 Å². The van der Waals surface area contributed by atoms with Crippen molar-refractivity contribution in [3.63, 3.8) is 0 Å². The molecule has 3 amide bonds. The fourth-order valence-electron chi connectivity index (χ4n) is 3.68. The number of ether oxygens (including phenoxy) is 1. The summed E-state index contributed by atoms with van der Waals surface area (Å²) in [6.07, 6.45) is 1.44. The van der Waals surface area contributed by atoms with E-state index in [9.17, 15) is 19.2 Å². The van der Waals surface area contributed by atoms with E-state index in [1.54, 1.807) is 43.3 Å². The Hall–Kier alpha value is -3.82. The molecule has 3 aromatic rings. The molecule has 37 heavy (non-hydrogen) atoms. The molecule has 4 rings (SSSR count). The van der Waals surface area contributed by atoms with Crippen molar-refractivity contribution in [1.82, 2.24) is 4.90 Å². The van der Waals surface area contributed by atoms with Crippen LogP contribution in [0.4, 0.5) is 10.5 Å². The summed E-state index contributed by atoms with van der Waals surface area (Å²) in [7, 11) is 0. The van der Waals surface area contributed by atoms with Crippen LogP contribution in [0.1, 0.15) is 34.2 Å². The molecule has 1 aliphatic rings. The minimum absolute atomic E-state index is 0.133. The average molecular weight is 539 g/mol. The van der Waals surface area contributed by atoms with Gasteiger partial charge < -0.3 is 14.5 Å². The maximum absolute atomic E-state index is 12.8. The van der Waals surface area contributed by atoms with Gasteiger partial charge in [-0.05, 0) is 74.5 Å². The van der Waals surface area contributed by atoms with Crippen LogP contribution in [0.25, 0.3) is 17.4 Å². The van der Waals surface area contributed by atoms with Crippen molar-refractivity contribution in [2.75, 3.05) is 18.5 Å². The van der Waals surface area contributed by atoms with Gasteiger partial charge in [-0.25, -0.2) is 4.79 Å². The molecular formula is C27H23ClN2O6S. The molecule has 10 heteroatoms. The second-order valence-corrected chi connectivity index (χ2v) is 9.65. The second-order valence-electron chi connectivity index (χ2n) is 8.25. The van der Waals surface area contributed by atoms with E-state index in [2.05, 4.69) is 5.32 Å². The van der Waals surface area contributed by atoms with Crippen molar-refractivity contribution in [2.45, 2.75) is 20.8 Å². The third-order valence-corrected chi connectivity index (χ3v) is 6.71. The highest BCUT2D eigenvalue weighted by molar-refractivity contribution is 8.18. The van der Waals surface area contributed by atoms with E-state index in [1.807, 2.05) is 26.0 Å². The lowest BCUT2D eigenvalue weighted by molar-refractivity contribution is -0.127. The number of nitrogens with zero attached hydrogens (tertiary/aromatic N) is 1. The molecule has 1 saturated heterocycles. The van der Waals surface area contributed by atoms with Crippen molar-refractivity contribution in [3.8, 4) is 11.3 Å². The lowest BCUT2D eigenvalue weighted by Crippen LogP contribution is -2.36. The van der Waals surface area contributed by atoms with E-state index in [0.717, 1.165) is 27.8 Å². The number of carbonyl (C=O) groups excluding carboxylic acids is 4. The Balaban J connectivity index is 1.47. The van der Waals surface area contributed by atoms with Gasteiger partial charge in [0.15, 0.2) is 0 Å². The Morgan fingerprint density at radius 3 is 2.62 bits per heavy atom. The third kappa shape index (κ3) is 5.95. The molecule has 1 fully saturated rings. The van der Waals surface area contributed by atoms with Crippen LogP contribution in [-0.2, 0) is 14.3 Å².